The molecule has 0 spiro atoms. The van der Waals surface area contributed by atoms with Crippen molar-refractivity contribution in [2.45, 2.75) is 59.2 Å². The van der Waals surface area contributed by atoms with Crippen molar-refractivity contribution in [2.75, 3.05) is 6.61 Å². The highest BCUT2D eigenvalue weighted by Gasteiger charge is 2.22. The Balaban J connectivity index is 2.06. The van der Waals surface area contributed by atoms with Gasteiger partial charge in [0.25, 0.3) is 0 Å². The topological polar surface area (TPSA) is 18.5 Å². The molecule has 2 unspecified atom stereocenters. The molecule has 1 aromatic rings. The lowest BCUT2D eigenvalue weighted by molar-refractivity contribution is -0.105. The van der Waals surface area contributed by atoms with Gasteiger partial charge in [-0.25, -0.2) is 0 Å². The van der Waals surface area contributed by atoms with E-state index in [1.54, 1.807) is 0 Å². The van der Waals surface area contributed by atoms with Crippen LogP contribution in [0.3, 0.4) is 0 Å². The molecule has 0 amide bonds. The fraction of sp³-hybridized carbons (Fsp3) is 0.647. The second kappa shape index (κ2) is 5.96. The summed E-state index contributed by atoms with van der Waals surface area (Å²) < 4.78 is 11.6. The van der Waals surface area contributed by atoms with Crippen molar-refractivity contribution in [1.82, 2.24) is 0 Å². The third-order valence-corrected chi connectivity index (χ3v) is 4.06. The maximum atomic E-state index is 5.94. The van der Waals surface area contributed by atoms with E-state index in [0.29, 0.717) is 5.92 Å². The van der Waals surface area contributed by atoms with Crippen LogP contribution in [0.4, 0.5) is 0 Å². The summed E-state index contributed by atoms with van der Waals surface area (Å²) in [5.41, 5.74) is 1.60. The Morgan fingerprint density at radius 3 is 2.68 bits per heavy atom. The Bertz CT molecular complexity index is 400. The second-order valence-electron chi connectivity index (χ2n) is 6.57. The first-order valence-electron chi connectivity index (χ1n) is 7.35. The zero-order valence-corrected chi connectivity index (χ0v) is 12.6. The van der Waals surface area contributed by atoms with Crippen molar-refractivity contribution in [3.05, 3.63) is 29.8 Å². The fourth-order valence-corrected chi connectivity index (χ4v) is 2.31. The normalized spacial score (nSPS) is 22.0. The lowest BCUT2D eigenvalue weighted by atomic mass is 9.78. The molecule has 2 rings (SSSR count). The highest BCUT2D eigenvalue weighted by Crippen LogP contribution is 2.35. The first-order valence-corrected chi connectivity index (χ1v) is 7.35. The van der Waals surface area contributed by atoms with Crippen LogP contribution in [0.15, 0.2) is 24.3 Å². The molecule has 0 bridgehead atoms. The van der Waals surface area contributed by atoms with Gasteiger partial charge in [-0.3, -0.25) is 0 Å². The second-order valence-corrected chi connectivity index (χ2v) is 6.57. The van der Waals surface area contributed by atoms with Gasteiger partial charge in [0.2, 0.25) is 0 Å². The Kier molecular flexibility index (Phi) is 4.51. The van der Waals surface area contributed by atoms with Crippen LogP contribution in [0.25, 0.3) is 0 Å². The van der Waals surface area contributed by atoms with Gasteiger partial charge < -0.3 is 9.47 Å². The molecule has 1 aliphatic heterocycles. The van der Waals surface area contributed by atoms with Crippen LogP contribution in [0.1, 0.15) is 58.4 Å². The minimum atomic E-state index is -0.0612. The summed E-state index contributed by atoms with van der Waals surface area (Å²) in [7, 11) is 0. The van der Waals surface area contributed by atoms with Gasteiger partial charge in [0, 0.05) is 6.42 Å². The average molecular weight is 262 g/mol. The van der Waals surface area contributed by atoms with Crippen molar-refractivity contribution >= 4 is 0 Å². The smallest absolute Gasteiger partial charge is 0.199 e. The predicted molar refractivity (Wildman–Crippen MR) is 78.5 cm³/mol. The van der Waals surface area contributed by atoms with Gasteiger partial charge in [-0.2, -0.15) is 0 Å². The van der Waals surface area contributed by atoms with Gasteiger partial charge in [0.05, 0.1) is 6.61 Å². The van der Waals surface area contributed by atoms with Gasteiger partial charge in [-0.05, 0) is 41.9 Å². The summed E-state index contributed by atoms with van der Waals surface area (Å²) >= 11 is 0. The van der Waals surface area contributed by atoms with Crippen LogP contribution < -0.4 is 4.74 Å². The summed E-state index contributed by atoms with van der Waals surface area (Å²) in [4.78, 5) is 0. The molecule has 19 heavy (non-hydrogen) atoms. The van der Waals surface area contributed by atoms with E-state index in [0.717, 1.165) is 25.2 Å². The van der Waals surface area contributed by atoms with E-state index in [4.69, 9.17) is 9.47 Å². The minimum Gasteiger partial charge on any atom is -0.465 e. The Morgan fingerprint density at radius 1 is 1.26 bits per heavy atom. The summed E-state index contributed by atoms with van der Waals surface area (Å²) in [5.74, 6) is 1.43. The van der Waals surface area contributed by atoms with E-state index >= 15 is 0 Å². The molecule has 0 aromatic heterocycles. The molecular formula is C17H26O2. The van der Waals surface area contributed by atoms with Gasteiger partial charge in [0.15, 0.2) is 6.29 Å². The molecule has 0 saturated carbocycles. The molecule has 1 saturated heterocycles. The quantitative estimate of drug-likeness (QED) is 0.783. The molecule has 0 N–H and O–H groups in total. The third kappa shape index (κ3) is 3.97. The molecule has 0 aliphatic carbocycles. The highest BCUT2D eigenvalue weighted by molar-refractivity contribution is 5.31. The van der Waals surface area contributed by atoms with E-state index in [2.05, 4.69) is 45.9 Å². The number of hydrogen-bond donors (Lipinski definition) is 0. The molecule has 2 atom stereocenters. The summed E-state index contributed by atoms with van der Waals surface area (Å²) in [6.45, 7) is 9.92. The maximum absolute atomic E-state index is 5.94. The van der Waals surface area contributed by atoms with E-state index < -0.39 is 0 Å². The predicted octanol–water partition coefficient (Wildman–Crippen LogP) is 4.74. The van der Waals surface area contributed by atoms with Crippen molar-refractivity contribution in [3.8, 4) is 5.75 Å². The SMILES string of the molecule is CC(c1cccc(OC2CCCCO2)c1)C(C)(C)C. The van der Waals surface area contributed by atoms with Gasteiger partial charge >= 0.3 is 0 Å². The van der Waals surface area contributed by atoms with Gasteiger partial charge in [-0.1, -0.05) is 39.8 Å². The first-order chi connectivity index (χ1) is 8.97. The van der Waals surface area contributed by atoms with Crippen molar-refractivity contribution < 1.29 is 9.47 Å². The molecule has 2 heteroatoms. The summed E-state index contributed by atoms with van der Waals surface area (Å²) in [5, 5.41) is 0. The number of ether oxygens (including phenoxy) is 2. The molecule has 0 radical (unpaired) electrons. The molecule has 1 aromatic carbocycles. The summed E-state index contributed by atoms with van der Waals surface area (Å²) in [6, 6.07) is 8.45. The maximum Gasteiger partial charge on any atom is 0.199 e. The highest BCUT2D eigenvalue weighted by atomic mass is 16.7. The van der Waals surface area contributed by atoms with Crippen LogP contribution in [0.2, 0.25) is 0 Å². The molecule has 1 heterocycles. The molecular weight excluding hydrogens is 236 g/mol. The van der Waals surface area contributed by atoms with Crippen LogP contribution >= 0.6 is 0 Å². The third-order valence-electron chi connectivity index (χ3n) is 4.06. The largest absolute Gasteiger partial charge is 0.465 e. The molecule has 2 nitrogen and oxygen atoms in total. The Labute approximate surface area is 117 Å². The zero-order chi connectivity index (χ0) is 13.9. The van der Waals surface area contributed by atoms with Gasteiger partial charge in [-0.15, -0.1) is 0 Å². The van der Waals surface area contributed by atoms with Crippen LogP contribution in [-0.4, -0.2) is 12.9 Å². The Hall–Kier alpha value is -1.02. The number of hydrogen-bond acceptors (Lipinski definition) is 2. The average Bonchev–Trinajstić information content (AvgIpc) is 2.38. The monoisotopic (exact) mass is 262 g/mol. The lowest BCUT2D eigenvalue weighted by Crippen LogP contribution is -2.25. The first kappa shape index (κ1) is 14.4. The number of benzene rings is 1. The number of rotatable bonds is 3. The van der Waals surface area contributed by atoms with E-state index in [1.807, 2.05) is 6.07 Å². The van der Waals surface area contributed by atoms with E-state index in [-0.39, 0.29) is 11.7 Å². The van der Waals surface area contributed by atoms with Crippen molar-refractivity contribution in [3.63, 3.8) is 0 Å². The lowest BCUT2D eigenvalue weighted by Gasteiger charge is -2.28. The standard InChI is InChI=1S/C17H26O2/c1-13(17(2,3)4)14-8-7-9-15(12-14)19-16-10-5-6-11-18-16/h7-9,12-13,16H,5-6,10-11H2,1-4H3. The Morgan fingerprint density at radius 2 is 2.05 bits per heavy atom. The minimum absolute atomic E-state index is 0.0612. The van der Waals surface area contributed by atoms with Crippen molar-refractivity contribution in [1.29, 1.82) is 0 Å². The fourth-order valence-electron chi connectivity index (χ4n) is 2.31. The van der Waals surface area contributed by atoms with Crippen molar-refractivity contribution in [2.24, 2.45) is 5.41 Å². The molecule has 1 fully saturated rings. The van der Waals surface area contributed by atoms with Crippen LogP contribution in [0.5, 0.6) is 5.75 Å². The van der Waals surface area contributed by atoms with Gasteiger partial charge in [0.1, 0.15) is 5.75 Å². The van der Waals surface area contributed by atoms with E-state index in [9.17, 15) is 0 Å². The zero-order valence-electron chi connectivity index (χ0n) is 12.6. The summed E-state index contributed by atoms with van der Waals surface area (Å²) in [6.07, 6.45) is 3.29. The van der Waals surface area contributed by atoms with Crippen LogP contribution in [0, 0.1) is 5.41 Å². The molecule has 106 valence electrons. The van der Waals surface area contributed by atoms with Crippen LogP contribution in [-0.2, 0) is 4.74 Å². The van der Waals surface area contributed by atoms with E-state index in [1.165, 1.54) is 12.0 Å². The molecule has 1 aliphatic rings.